The van der Waals surface area contributed by atoms with Crippen molar-refractivity contribution in [1.29, 1.82) is 0 Å². The van der Waals surface area contributed by atoms with Gasteiger partial charge in [-0.25, -0.2) is 4.98 Å². The van der Waals surface area contributed by atoms with Crippen molar-refractivity contribution in [1.82, 2.24) is 9.97 Å². The number of nitrogens with one attached hydrogen (secondary N) is 1. The lowest BCUT2D eigenvalue weighted by atomic mass is 10.2. The first-order valence-corrected chi connectivity index (χ1v) is 4.82. The number of aromatic amines is 1. The Morgan fingerprint density at radius 2 is 2.12 bits per heavy atom. The first-order chi connectivity index (χ1) is 7.77. The monoisotopic (exact) mass is 218 g/mol. The van der Waals surface area contributed by atoms with Gasteiger partial charge >= 0.3 is 0 Å². The summed E-state index contributed by atoms with van der Waals surface area (Å²) in [4.78, 5) is 17.1. The first kappa shape index (κ1) is 12.0. The fraction of sp³-hybridized carbons (Fsp3) is 0.167. The Labute approximate surface area is 94.3 Å². The molecule has 0 atom stereocenters. The zero-order chi connectivity index (χ0) is 11.8. The normalized spacial score (nSPS) is 8.88. The standard InChI is InChI=1S/C8H8O2.C4H6N2/c1-10-8-5-3-2-4-7(8)6-9;1-4-5-2-3-6-4/h2-6H,1H3;2-3H,1H3,(H,5,6). The Morgan fingerprint density at radius 3 is 2.50 bits per heavy atom. The average Bonchev–Trinajstić information content (AvgIpc) is 2.81. The van der Waals surface area contributed by atoms with Gasteiger partial charge in [0.2, 0.25) is 0 Å². The maximum Gasteiger partial charge on any atom is 0.153 e. The van der Waals surface area contributed by atoms with E-state index in [0.29, 0.717) is 11.3 Å². The van der Waals surface area contributed by atoms with Crippen LogP contribution in [0.2, 0.25) is 0 Å². The van der Waals surface area contributed by atoms with Gasteiger partial charge in [-0.05, 0) is 19.1 Å². The Kier molecular flexibility index (Phi) is 4.79. The minimum atomic E-state index is 0.588. The van der Waals surface area contributed by atoms with E-state index in [2.05, 4.69) is 9.97 Å². The van der Waals surface area contributed by atoms with Gasteiger partial charge < -0.3 is 9.72 Å². The molecule has 0 amide bonds. The summed E-state index contributed by atoms with van der Waals surface area (Å²) in [6.07, 6.45) is 4.31. The van der Waals surface area contributed by atoms with E-state index < -0.39 is 0 Å². The third-order valence-electron chi connectivity index (χ3n) is 1.90. The maximum absolute atomic E-state index is 10.3. The second-order valence-corrected chi connectivity index (χ2v) is 3.03. The highest BCUT2D eigenvalue weighted by molar-refractivity contribution is 5.79. The number of hydrogen-bond acceptors (Lipinski definition) is 3. The van der Waals surface area contributed by atoms with E-state index in [4.69, 9.17) is 4.74 Å². The number of rotatable bonds is 2. The fourth-order valence-electron chi connectivity index (χ4n) is 1.11. The number of imidazole rings is 1. The highest BCUT2D eigenvalue weighted by Gasteiger charge is 1.96. The molecule has 1 aromatic carbocycles. The van der Waals surface area contributed by atoms with E-state index in [-0.39, 0.29) is 0 Å². The van der Waals surface area contributed by atoms with E-state index >= 15 is 0 Å². The minimum Gasteiger partial charge on any atom is -0.496 e. The number of nitrogens with zero attached hydrogens (tertiary/aromatic N) is 1. The summed E-state index contributed by atoms with van der Waals surface area (Å²) in [5.74, 6) is 1.59. The summed E-state index contributed by atoms with van der Waals surface area (Å²) in [5, 5.41) is 0. The molecule has 1 heterocycles. The Balaban J connectivity index is 0.000000181. The van der Waals surface area contributed by atoms with E-state index in [1.54, 1.807) is 37.7 Å². The SMILES string of the molecule is COc1ccccc1C=O.Cc1ncc[nH]1. The molecule has 4 nitrogen and oxygen atoms in total. The highest BCUT2D eigenvalue weighted by Crippen LogP contribution is 2.13. The van der Waals surface area contributed by atoms with Crippen molar-refractivity contribution in [2.75, 3.05) is 7.11 Å². The average molecular weight is 218 g/mol. The van der Waals surface area contributed by atoms with Gasteiger partial charge in [-0.1, -0.05) is 12.1 Å². The molecule has 1 aromatic heterocycles. The predicted octanol–water partition coefficient (Wildman–Crippen LogP) is 2.23. The van der Waals surface area contributed by atoms with Crippen LogP contribution in [0.3, 0.4) is 0 Å². The summed E-state index contributed by atoms with van der Waals surface area (Å²) < 4.78 is 4.90. The number of methoxy groups -OCH3 is 1. The van der Waals surface area contributed by atoms with Gasteiger partial charge in [0.25, 0.3) is 0 Å². The Hall–Kier alpha value is -2.10. The molecule has 2 rings (SSSR count). The van der Waals surface area contributed by atoms with Crippen LogP contribution in [-0.4, -0.2) is 23.4 Å². The summed E-state index contributed by atoms with van der Waals surface area (Å²) >= 11 is 0. The summed E-state index contributed by atoms with van der Waals surface area (Å²) in [7, 11) is 1.54. The molecule has 0 fully saturated rings. The van der Waals surface area contributed by atoms with Crippen LogP contribution in [0.1, 0.15) is 16.2 Å². The highest BCUT2D eigenvalue weighted by atomic mass is 16.5. The van der Waals surface area contributed by atoms with Crippen molar-refractivity contribution < 1.29 is 9.53 Å². The number of benzene rings is 1. The summed E-state index contributed by atoms with van der Waals surface area (Å²) in [5.41, 5.74) is 0.588. The quantitative estimate of drug-likeness (QED) is 0.786. The predicted molar refractivity (Wildman–Crippen MR) is 61.7 cm³/mol. The number of carbonyl (C=O) groups excluding carboxylic acids is 1. The van der Waals surface area contributed by atoms with Gasteiger partial charge in [0.1, 0.15) is 11.6 Å². The van der Waals surface area contributed by atoms with Crippen LogP contribution in [0.4, 0.5) is 0 Å². The molecule has 0 saturated carbocycles. The largest absolute Gasteiger partial charge is 0.496 e. The van der Waals surface area contributed by atoms with Crippen LogP contribution in [-0.2, 0) is 0 Å². The van der Waals surface area contributed by atoms with Crippen LogP contribution in [0.5, 0.6) is 5.75 Å². The van der Waals surface area contributed by atoms with Crippen LogP contribution in [0.15, 0.2) is 36.7 Å². The molecule has 0 aliphatic carbocycles. The van der Waals surface area contributed by atoms with Crippen LogP contribution in [0, 0.1) is 6.92 Å². The summed E-state index contributed by atoms with van der Waals surface area (Å²) in [6, 6.07) is 7.09. The molecule has 1 N–H and O–H groups in total. The number of aromatic nitrogens is 2. The lowest BCUT2D eigenvalue weighted by Gasteiger charge is -1.99. The summed E-state index contributed by atoms with van der Waals surface area (Å²) in [6.45, 7) is 1.92. The van der Waals surface area contributed by atoms with E-state index in [0.717, 1.165) is 12.1 Å². The molecule has 0 aliphatic rings. The molecular formula is C12H14N2O2. The van der Waals surface area contributed by atoms with Gasteiger partial charge in [-0.15, -0.1) is 0 Å². The number of para-hydroxylation sites is 1. The van der Waals surface area contributed by atoms with Crippen molar-refractivity contribution in [3.05, 3.63) is 48.0 Å². The van der Waals surface area contributed by atoms with Crippen molar-refractivity contribution in [3.63, 3.8) is 0 Å². The van der Waals surface area contributed by atoms with E-state index in [1.807, 2.05) is 13.0 Å². The smallest absolute Gasteiger partial charge is 0.153 e. The third-order valence-corrected chi connectivity index (χ3v) is 1.90. The molecule has 0 bridgehead atoms. The van der Waals surface area contributed by atoms with Crippen molar-refractivity contribution in [2.24, 2.45) is 0 Å². The number of aldehydes is 1. The molecule has 0 spiro atoms. The topological polar surface area (TPSA) is 55.0 Å². The lowest BCUT2D eigenvalue weighted by molar-refractivity contribution is 0.112. The van der Waals surface area contributed by atoms with E-state index in [9.17, 15) is 4.79 Å². The van der Waals surface area contributed by atoms with Crippen molar-refractivity contribution in [2.45, 2.75) is 6.92 Å². The maximum atomic E-state index is 10.3. The second-order valence-electron chi connectivity index (χ2n) is 3.03. The molecule has 2 aromatic rings. The second kappa shape index (κ2) is 6.40. The van der Waals surface area contributed by atoms with Crippen LogP contribution >= 0.6 is 0 Å². The van der Waals surface area contributed by atoms with Crippen LogP contribution in [0.25, 0.3) is 0 Å². The van der Waals surface area contributed by atoms with Crippen molar-refractivity contribution >= 4 is 6.29 Å². The number of aryl methyl sites for hydroxylation is 1. The molecule has 0 radical (unpaired) electrons. The molecular weight excluding hydrogens is 204 g/mol. The molecule has 4 heteroatoms. The molecule has 0 aliphatic heterocycles. The van der Waals surface area contributed by atoms with Gasteiger partial charge in [-0.2, -0.15) is 0 Å². The molecule has 0 saturated heterocycles. The van der Waals surface area contributed by atoms with Crippen molar-refractivity contribution in [3.8, 4) is 5.75 Å². The molecule has 84 valence electrons. The Morgan fingerprint density at radius 1 is 1.38 bits per heavy atom. The van der Waals surface area contributed by atoms with Gasteiger partial charge in [0, 0.05) is 12.4 Å². The lowest BCUT2D eigenvalue weighted by Crippen LogP contribution is -1.88. The van der Waals surface area contributed by atoms with Gasteiger partial charge in [0.15, 0.2) is 6.29 Å². The fourth-order valence-corrected chi connectivity index (χ4v) is 1.11. The van der Waals surface area contributed by atoms with Gasteiger partial charge in [-0.3, -0.25) is 4.79 Å². The number of hydrogen-bond donors (Lipinski definition) is 1. The van der Waals surface area contributed by atoms with Gasteiger partial charge in [0.05, 0.1) is 12.7 Å². The minimum absolute atomic E-state index is 0.588. The van der Waals surface area contributed by atoms with E-state index in [1.165, 1.54) is 0 Å². The number of carbonyl (C=O) groups is 1. The zero-order valence-corrected chi connectivity index (χ0v) is 9.31. The zero-order valence-electron chi connectivity index (χ0n) is 9.31. The molecule has 0 unspecified atom stereocenters. The third kappa shape index (κ3) is 3.57. The van der Waals surface area contributed by atoms with Crippen LogP contribution < -0.4 is 4.74 Å². The molecule has 16 heavy (non-hydrogen) atoms. The first-order valence-electron chi connectivity index (χ1n) is 4.82. The Bertz CT molecular complexity index is 424. The number of H-pyrrole nitrogens is 1. The number of ether oxygens (including phenoxy) is 1.